The predicted molar refractivity (Wildman–Crippen MR) is 115 cm³/mol. The fourth-order valence-corrected chi connectivity index (χ4v) is 3.28. The highest BCUT2D eigenvalue weighted by atomic mass is 16.5. The predicted octanol–water partition coefficient (Wildman–Crippen LogP) is 5.13. The molecule has 0 unspecified atom stereocenters. The van der Waals surface area contributed by atoms with Crippen molar-refractivity contribution in [2.75, 3.05) is 21.3 Å². The molecular formula is C25H24O4. The van der Waals surface area contributed by atoms with E-state index in [1.807, 2.05) is 72.8 Å². The van der Waals surface area contributed by atoms with Gasteiger partial charge >= 0.3 is 0 Å². The first-order valence-corrected chi connectivity index (χ1v) is 9.29. The van der Waals surface area contributed by atoms with E-state index >= 15 is 0 Å². The molecule has 0 atom stereocenters. The molecule has 0 aliphatic rings. The number of methoxy groups -OCH3 is 3. The van der Waals surface area contributed by atoms with Crippen LogP contribution in [-0.4, -0.2) is 27.1 Å². The summed E-state index contributed by atoms with van der Waals surface area (Å²) < 4.78 is 16.1. The average Bonchev–Trinajstić information content (AvgIpc) is 2.78. The Hall–Kier alpha value is -3.53. The average molecular weight is 388 g/mol. The lowest BCUT2D eigenvalue weighted by Gasteiger charge is -2.15. The Morgan fingerprint density at radius 1 is 0.759 bits per heavy atom. The Morgan fingerprint density at radius 2 is 1.24 bits per heavy atom. The first-order chi connectivity index (χ1) is 14.2. The second kappa shape index (κ2) is 9.60. The molecule has 29 heavy (non-hydrogen) atoms. The number of carbonyl (C=O) groups is 1. The first kappa shape index (κ1) is 20.2. The van der Waals surface area contributed by atoms with Crippen molar-refractivity contribution in [3.63, 3.8) is 0 Å². The van der Waals surface area contributed by atoms with Crippen LogP contribution in [0.25, 0.3) is 6.08 Å². The van der Waals surface area contributed by atoms with Gasteiger partial charge in [-0.3, -0.25) is 4.79 Å². The van der Waals surface area contributed by atoms with Crippen molar-refractivity contribution in [2.45, 2.75) is 5.92 Å². The number of rotatable bonds is 8. The van der Waals surface area contributed by atoms with E-state index in [2.05, 4.69) is 0 Å². The SMILES string of the molecule is COc1cc(/C=C/C(=O)C(c2ccccc2)c2ccccc2)cc(OC)c1OC. The van der Waals surface area contributed by atoms with Gasteiger partial charge in [0.2, 0.25) is 5.75 Å². The van der Waals surface area contributed by atoms with Crippen molar-refractivity contribution >= 4 is 11.9 Å². The van der Waals surface area contributed by atoms with Crippen molar-refractivity contribution in [2.24, 2.45) is 0 Å². The summed E-state index contributed by atoms with van der Waals surface area (Å²) >= 11 is 0. The molecule has 0 spiro atoms. The van der Waals surface area contributed by atoms with E-state index in [0.29, 0.717) is 17.2 Å². The van der Waals surface area contributed by atoms with E-state index in [-0.39, 0.29) is 11.7 Å². The molecule has 0 saturated heterocycles. The quantitative estimate of drug-likeness (QED) is 0.502. The van der Waals surface area contributed by atoms with Crippen LogP contribution in [-0.2, 0) is 4.79 Å². The van der Waals surface area contributed by atoms with Gasteiger partial charge in [-0.05, 0) is 34.9 Å². The van der Waals surface area contributed by atoms with Gasteiger partial charge in [-0.25, -0.2) is 0 Å². The van der Waals surface area contributed by atoms with Crippen LogP contribution in [0.1, 0.15) is 22.6 Å². The summed E-state index contributed by atoms with van der Waals surface area (Å²) in [6.45, 7) is 0. The minimum absolute atomic E-state index is 0.00356. The molecule has 3 aromatic carbocycles. The standard InChI is InChI=1S/C25H24O4/c1-27-22-16-18(17-23(28-2)25(22)29-3)14-15-21(26)24(19-10-6-4-7-11-19)20-12-8-5-9-13-20/h4-17,24H,1-3H3/b15-14+. The first-order valence-electron chi connectivity index (χ1n) is 9.29. The Balaban J connectivity index is 1.95. The molecule has 0 heterocycles. The number of benzene rings is 3. The number of hydrogen-bond donors (Lipinski definition) is 0. The Labute approximate surface area is 171 Å². The molecule has 0 aromatic heterocycles. The third-order valence-electron chi connectivity index (χ3n) is 4.68. The minimum atomic E-state index is -0.365. The summed E-state index contributed by atoms with van der Waals surface area (Å²) in [5.74, 6) is 1.24. The molecule has 4 heteroatoms. The molecule has 0 fully saturated rings. The van der Waals surface area contributed by atoms with Gasteiger partial charge in [0.25, 0.3) is 0 Å². The van der Waals surface area contributed by atoms with Crippen molar-refractivity contribution in [3.8, 4) is 17.2 Å². The Morgan fingerprint density at radius 3 is 1.66 bits per heavy atom. The molecule has 0 amide bonds. The summed E-state index contributed by atoms with van der Waals surface area (Å²) in [4.78, 5) is 13.2. The summed E-state index contributed by atoms with van der Waals surface area (Å²) in [6, 6.07) is 23.2. The molecular weight excluding hydrogens is 364 g/mol. The van der Waals surface area contributed by atoms with Crippen molar-refractivity contribution in [3.05, 3.63) is 95.6 Å². The second-order valence-corrected chi connectivity index (χ2v) is 6.45. The van der Waals surface area contributed by atoms with Crippen LogP contribution in [0.3, 0.4) is 0 Å². The van der Waals surface area contributed by atoms with Gasteiger partial charge in [-0.1, -0.05) is 66.7 Å². The highest BCUT2D eigenvalue weighted by molar-refractivity contribution is 6.00. The van der Waals surface area contributed by atoms with Crippen molar-refractivity contribution in [1.29, 1.82) is 0 Å². The smallest absolute Gasteiger partial charge is 0.203 e. The van der Waals surface area contributed by atoms with Crippen molar-refractivity contribution < 1.29 is 19.0 Å². The maximum Gasteiger partial charge on any atom is 0.203 e. The van der Waals surface area contributed by atoms with Crippen LogP contribution in [0.4, 0.5) is 0 Å². The molecule has 3 aromatic rings. The van der Waals surface area contributed by atoms with Gasteiger partial charge in [0.05, 0.1) is 27.2 Å². The highest BCUT2D eigenvalue weighted by Gasteiger charge is 2.20. The maximum absolute atomic E-state index is 13.2. The van der Waals surface area contributed by atoms with E-state index in [1.165, 1.54) is 0 Å². The van der Waals surface area contributed by atoms with Gasteiger partial charge in [0.1, 0.15) is 0 Å². The zero-order valence-electron chi connectivity index (χ0n) is 16.8. The lowest BCUT2D eigenvalue weighted by Crippen LogP contribution is -2.11. The Bertz CT molecular complexity index is 914. The fourth-order valence-electron chi connectivity index (χ4n) is 3.28. The molecule has 3 rings (SSSR count). The Kier molecular flexibility index (Phi) is 6.69. The van der Waals surface area contributed by atoms with E-state index in [4.69, 9.17) is 14.2 Å². The van der Waals surface area contributed by atoms with E-state index in [9.17, 15) is 4.79 Å². The monoisotopic (exact) mass is 388 g/mol. The van der Waals surface area contributed by atoms with E-state index in [0.717, 1.165) is 16.7 Å². The normalized spacial score (nSPS) is 10.9. The fraction of sp³-hybridized carbons (Fsp3) is 0.160. The van der Waals surface area contributed by atoms with Crippen LogP contribution in [0.2, 0.25) is 0 Å². The third kappa shape index (κ3) is 4.66. The van der Waals surface area contributed by atoms with Crippen molar-refractivity contribution in [1.82, 2.24) is 0 Å². The lowest BCUT2D eigenvalue weighted by atomic mass is 9.87. The van der Waals surface area contributed by atoms with E-state index in [1.54, 1.807) is 33.5 Å². The third-order valence-corrected chi connectivity index (χ3v) is 4.68. The van der Waals surface area contributed by atoms with Crippen LogP contribution in [0.15, 0.2) is 78.9 Å². The minimum Gasteiger partial charge on any atom is -0.493 e. The van der Waals surface area contributed by atoms with Crippen LogP contribution in [0.5, 0.6) is 17.2 Å². The summed E-state index contributed by atoms with van der Waals surface area (Å²) in [6.07, 6.45) is 3.37. The summed E-state index contributed by atoms with van der Waals surface area (Å²) in [7, 11) is 4.69. The van der Waals surface area contributed by atoms with Gasteiger partial charge in [0, 0.05) is 0 Å². The zero-order valence-corrected chi connectivity index (χ0v) is 16.8. The van der Waals surface area contributed by atoms with Crippen LogP contribution < -0.4 is 14.2 Å². The molecule has 0 aliphatic carbocycles. The molecule has 0 N–H and O–H groups in total. The number of hydrogen-bond acceptors (Lipinski definition) is 4. The maximum atomic E-state index is 13.2. The van der Waals surface area contributed by atoms with Crippen LogP contribution in [0, 0.1) is 0 Å². The van der Waals surface area contributed by atoms with E-state index < -0.39 is 0 Å². The number of carbonyl (C=O) groups excluding carboxylic acids is 1. The molecule has 0 aliphatic heterocycles. The topological polar surface area (TPSA) is 44.8 Å². The van der Waals surface area contributed by atoms with Gasteiger partial charge in [0.15, 0.2) is 17.3 Å². The lowest BCUT2D eigenvalue weighted by molar-refractivity contribution is -0.115. The second-order valence-electron chi connectivity index (χ2n) is 6.45. The molecule has 0 radical (unpaired) electrons. The van der Waals surface area contributed by atoms with Gasteiger partial charge in [-0.15, -0.1) is 0 Å². The largest absolute Gasteiger partial charge is 0.493 e. The van der Waals surface area contributed by atoms with Gasteiger partial charge < -0.3 is 14.2 Å². The van der Waals surface area contributed by atoms with Gasteiger partial charge in [-0.2, -0.15) is 0 Å². The molecule has 0 bridgehead atoms. The summed E-state index contributed by atoms with van der Waals surface area (Å²) in [5.41, 5.74) is 2.70. The number of allylic oxidation sites excluding steroid dienone is 1. The molecule has 148 valence electrons. The summed E-state index contributed by atoms with van der Waals surface area (Å²) in [5, 5.41) is 0. The number of ether oxygens (including phenoxy) is 3. The highest BCUT2D eigenvalue weighted by Crippen LogP contribution is 2.38. The molecule has 0 saturated carbocycles. The number of ketones is 1. The zero-order chi connectivity index (χ0) is 20.6. The van der Waals surface area contributed by atoms with Crippen LogP contribution >= 0.6 is 0 Å². The molecule has 4 nitrogen and oxygen atoms in total.